The van der Waals surface area contributed by atoms with E-state index in [1.54, 1.807) is 0 Å². The maximum atomic E-state index is 2.48. The zero-order valence-corrected chi connectivity index (χ0v) is 32.8. The van der Waals surface area contributed by atoms with Crippen LogP contribution in [0.2, 0.25) is 0 Å². The molecule has 2 aromatic heterocycles. The summed E-state index contributed by atoms with van der Waals surface area (Å²) in [5.41, 5.74) is 13.0. The van der Waals surface area contributed by atoms with Gasteiger partial charge in [-0.25, -0.2) is 0 Å². The Morgan fingerprint density at radius 1 is 0.300 bits per heavy atom. The van der Waals surface area contributed by atoms with Crippen LogP contribution in [0.1, 0.15) is 0 Å². The van der Waals surface area contributed by atoms with Crippen molar-refractivity contribution >= 4 is 76.6 Å². The monoisotopic (exact) mass is 762 g/mol. The van der Waals surface area contributed by atoms with Crippen molar-refractivity contribution in [2.75, 3.05) is 4.90 Å². The van der Waals surface area contributed by atoms with Gasteiger partial charge < -0.3 is 9.30 Å². The molecule has 0 aliphatic carbocycles. The highest BCUT2D eigenvalue weighted by atomic mass is 15.1. The Bertz CT molecular complexity index is 3580. The Balaban J connectivity index is 1.07. The van der Waals surface area contributed by atoms with E-state index in [0.717, 1.165) is 22.6 Å². The number of rotatable bonds is 6. The van der Waals surface area contributed by atoms with Crippen molar-refractivity contribution in [1.29, 1.82) is 0 Å². The molecule has 0 amide bonds. The van der Waals surface area contributed by atoms with Gasteiger partial charge in [-0.1, -0.05) is 188 Å². The van der Waals surface area contributed by atoms with Crippen LogP contribution in [0.15, 0.2) is 231 Å². The van der Waals surface area contributed by atoms with Crippen LogP contribution < -0.4 is 4.90 Å². The normalized spacial score (nSPS) is 11.7. The van der Waals surface area contributed by atoms with Crippen LogP contribution in [-0.2, 0) is 0 Å². The molecule has 12 rings (SSSR count). The lowest BCUT2D eigenvalue weighted by molar-refractivity contribution is 1.27. The SMILES string of the molecule is c1ccc(-c2c3ccccc3n3c(-c4ccc(N(c5ccc(-c6cccc7ccccc67)cc5)c5cc6ccccc6c6ccccc56)cc4)c4ccccc4cc23)cc1. The Morgan fingerprint density at radius 3 is 1.57 bits per heavy atom. The van der Waals surface area contributed by atoms with Gasteiger partial charge in [0.25, 0.3) is 0 Å². The van der Waals surface area contributed by atoms with Crippen molar-refractivity contribution < 1.29 is 0 Å². The van der Waals surface area contributed by atoms with Crippen molar-refractivity contribution in [2.45, 2.75) is 0 Å². The predicted octanol–water partition coefficient (Wildman–Crippen LogP) is 16.2. The van der Waals surface area contributed by atoms with Crippen LogP contribution in [0.3, 0.4) is 0 Å². The number of fused-ring (bicyclic) bond motifs is 8. The molecule has 0 saturated carbocycles. The van der Waals surface area contributed by atoms with Crippen molar-refractivity contribution in [2.24, 2.45) is 0 Å². The Hall–Kier alpha value is -7.94. The highest BCUT2D eigenvalue weighted by molar-refractivity contribution is 6.15. The molecular weight excluding hydrogens is 725 g/mol. The topological polar surface area (TPSA) is 7.65 Å². The van der Waals surface area contributed by atoms with E-state index >= 15 is 0 Å². The highest BCUT2D eigenvalue weighted by Gasteiger charge is 2.21. The maximum absolute atomic E-state index is 2.48. The molecule has 60 heavy (non-hydrogen) atoms. The number of pyridine rings is 1. The summed E-state index contributed by atoms with van der Waals surface area (Å²) in [5.74, 6) is 0. The van der Waals surface area contributed by atoms with E-state index in [1.807, 2.05) is 0 Å². The molecule has 0 N–H and O–H groups in total. The number of nitrogens with zero attached hydrogens (tertiary/aromatic N) is 2. The molecule has 2 nitrogen and oxygen atoms in total. The van der Waals surface area contributed by atoms with Crippen molar-refractivity contribution in [3.05, 3.63) is 231 Å². The zero-order chi connectivity index (χ0) is 39.6. The van der Waals surface area contributed by atoms with E-state index < -0.39 is 0 Å². The van der Waals surface area contributed by atoms with Crippen LogP contribution in [0, 0.1) is 0 Å². The Kier molecular flexibility index (Phi) is 7.89. The fourth-order valence-electron chi connectivity index (χ4n) is 9.62. The lowest BCUT2D eigenvalue weighted by atomic mass is 9.97. The van der Waals surface area contributed by atoms with Gasteiger partial charge in [0.2, 0.25) is 0 Å². The van der Waals surface area contributed by atoms with Gasteiger partial charge in [0.15, 0.2) is 0 Å². The fraction of sp³-hybridized carbons (Fsp3) is 0. The van der Waals surface area contributed by atoms with Crippen LogP contribution in [0.25, 0.3) is 93.0 Å². The summed E-state index contributed by atoms with van der Waals surface area (Å²) in [6, 6.07) is 84.3. The third kappa shape index (κ3) is 5.42. The molecule has 0 bridgehead atoms. The summed E-state index contributed by atoms with van der Waals surface area (Å²) in [4.78, 5) is 2.43. The van der Waals surface area contributed by atoms with Gasteiger partial charge >= 0.3 is 0 Å². The van der Waals surface area contributed by atoms with Crippen molar-refractivity contribution in [3.8, 4) is 33.5 Å². The molecule has 0 spiro atoms. The summed E-state index contributed by atoms with van der Waals surface area (Å²) in [7, 11) is 0. The van der Waals surface area contributed by atoms with E-state index in [4.69, 9.17) is 0 Å². The predicted molar refractivity (Wildman–Crippen MR) is 256 cm³/mol. The van der Waals surface area contributed by atoms with Crippen LogP contribution >= 0.6 is 0 Å². The first-order valence-electron chi connectivity index (χ1n) is 20.7. The third-order valence-corrected chi connectivity index (χ3v) is 12.3. The number of benzene rings is 10. The first-order valence-corrected chi connectivity index (χ1v) is 20.7. The summed E-state index contributed by atoms with van der Waals surface area (Å²) < 4.78 is 2.48. The maximum Gasteiger partial charge on any atom is 0.0612 e. The second-order valence-electron chi connectivity index (χ2n) is 15.7. The molecule has 12 aromatic rings. The van der Waals surface area contributed by atoms with Crippen LogP contribution in [0.5, 0.6) is 0 Å². The van der Waals surface area contributed by atoms with Gasteiger partial charge in [0.05, 0.1) is 22.4 Å². The Morgan fingerprint density at radius 2 is 0.833 bits per heavy atom. The summed E-state index contributed by atoms with van der Waals surface area (Å²) in [6.07, 6.45) is 0. The minimum atomic E-state index is 1.09. The van der Waals surface area contributed by atoms with Gasteiger partial charge in [-0.05, 0) is 97.0 Å². The molecule has 2 heterocycles. The average molecular weight is 763 g/mol. The number of hydrogen-bond donors (Lipinski definition) is 0. The standard InChI is InChI=1S/C58H38N2/c1-2-16-41(17-3-1)57-53-26-12-13-28-54(53)60-56(57)38-44-19-6-9-23-50(44)58(60)42-31-35-46(36-32-42)59(55-37-43-18-5-8-22-49(43)51-24-10-11-25-52(51)55)45-33-29-40(30-34-45)48-27-14-20-39-15-4-7-21-47(39)48/h1-38H. The molecule has 0 atom stereocenters. The minimum absolute atomic E-state index is 1.09. The smallest absolute Gasteiger partial charge is 0.0612 e. The molecule has 0 radical (unpaired) electrons. The number of para-hydroxylation sites is 1. The van der Waals surface area contributed by atoms with Gasteiger partial charge in [-0.3, -0.25) is 0 Å². The first kappa shape index (κ1) is 34.1. The fourth-order valence-corrected chi connectivity index (χ4v) is 9.62. The minimum Gasteiger partial charge on any atom is -0.310 e. The highest BCUT2D eigenvalue weighted by Crippen LogP contribution is 2.45. The molecule has 2 heteroatoms. The molecule has 10 aromatic carbocycles. The second kappa shape index (κ2) is 13.9. The lowest BCUT2D eigenvalue weighted by Gasteiger charge is -2.28. The average Bonchev–Trinajstić information content (AvgIpc) is 3.65. The van der Waals surface area contributed by atoms with E-state index in [9.17, 15) is 0 Å². The van der Waals surface area contributed by atoms with Crippen molar-refractivity contribution in [3.63, 3.8) is 0 Å². The molecule has 0 aliphatic heterocycles. The van der Waals surface area contributed by atoms with Gasteiger partial charge in [0.1, 0.15) is 0 Å². The third-order valence-electron chi connectivity index (χ3n) is 12.3. The summed E-state index contributed by atoms with van der Waals surface area (Å²) in [5, 5.41) is 11.1. The summed E-state index contributed by atoms with van der Waals surface area (Å²) >= 11 is 0. The molecule has 0 unspecified atom stereocenters. The largest absolute Gasteiger partial charge is 0.310 e. The number of anilines is 3. The molecule has 0 fully saturated rings. The van der Waals surface area contributed by atoms with E-state index in [-0.39, 0.29) is 0 Å². The first-order chi connectivity index (χ1) is 29.8. The van der Waals surface area contributed by atoms with E-state index in [2.05, 4.69) is 240 Å². The van der Waals surface area contributed by atoms with Gasteiger partial charge in [-0.15, -0.1) is 0 Å². The van der Waals surface area contributed by atoms with Crippen LogP contribution in [-0.4, -0.2) is 4.40 Å². The number of hydrogen-bond acceptors (Lipinski definition) is 1. The number of aromatic nitrogens is 1. The molecule has 0 saturated heterocycles. The Labute approximate surface area is 348 Å². The van der Waals surface area contributed by atoms with Crippen molar-refractivity contribution in [1.82, 2.24) is 4.40 Å². The van der Waals surface area contributed by atoms with Gasteiger partial charge in [-0.2, -0.15) is 0 Å². The van der Waals surface area contributed by atoms with Gasteiger partial charge in [0, 0.05) is 33.1 Å². The molecular formula is C58H38N2. The molecule has 0 aliphatic rings. The quantitative estimate of drug-likeness (QED) is 0.153. The van der Waals surface area contributed by atoms with E-state index in [1.165, 1.54) is 87.5 Å². The molecule has 280 valence electrons. The lowest BCUT2D eigenvalue weighted by Crippen LogP contribution is -2.10. The van der Waals surface area contributed by atoms with Crippen LogP contribution in [0.4, 0.5) is 17.1 Å². The summed E-state index contributed by atoms with van der Waals surface area (Å²) in [6.45, 7) is 0. The van der Waals surface area contributed by atoms with E-state index in [0.29, 0.717) is 0 Å². The second-order valence-corrected chi connectivity index (χ2v) is 15.7. The zero-order valence-electron chi connectivity index (χ0n) is 32.8.